The van der Waals surface area contributed by atoms with Crippen LogP contribution in [-0.2, 0) is 10.5 Å². The smallest absolute Gasteiger partial charge is 0.356 e. The van der Waals surface area contributed by atoms with E-state index < -0.39 is 5.97 Å². The zero-order chi connectivity index (χ0) is 13.0. The van der Waals surface area contributed by atoms with E-state index in [4.69, 9.17) is 0 Å². The molecule has 0 aliphatic rings. The third kappa shape index (κ3) is 3.13. The number of aromatic amines is 1. The molecule has 0 bridgehead atoms. The number of carbonyl (C=O) groups is 1. The summed E-state index contributed by atoms with van der Waals surface area (Å²) in [6.07, 6.45) is 1.50. The molecule has 18 heavy (non-hydrogen) atoms. The fourth-order valence-electron chi connectivity index (χ4n) is 1.44. The molecule has 4 nitrogen and oxygen atoms in total. The van der Waals surface area contributed by atoms with Gasteiger partial charge in [-0.25, -0.2) is 9.78 Å². The first-order valence-electron chi connectivity index (χ1n) is 5.50. The van der Waals surface area contributed by atoms with Gasteiger partial charge in [-0.3, -0.25) is 0 Å². The van der Waals surface area contributed by atoms with Crippen molar-refractivity contribution in [1.29, 1.82) is 0 Å². The molecule has 0 saturated carbocycles. The summed E-state index contributed by atoms with van der Waals surface area (Å²) in [6.45, 7) is 2.06. The van der Waals surface area contributed by atoms with Gasteiger partial charge in [0.25, 0.3) is 0 Å². The third-order valence-electron chi connectivity index (χ3n) is 2.43. The monoisotopic (exact) mass is 262 g/mol. The SMILES string of the molecule is COC(=O)c1cnc(CSc2ccc(C)cc2)[nH]1. The van der Waals surface area contributed by atoms with E-state index in [1.165, 1.54) is 23.8 Å². The number of carbonyl (C=O) groups excluding carboxylic acids is 1. The molecule has 0 aliphatic carbocycles. The van der Waals surface area contributed by atoms with Crippen molar-refractivity contribution < 1.29 is 9.53 Å². The first-order valence-corrected chi connectivity index (χ1v) is 6.49. The normalized spacial score (nSPS) is 10.3. The average molecular weight is 262 g/mol. The highest BCUT2D eigenvalue weighted by atomic mass is 32.2. The summed E-state index contributed by atoms with van der Waals surface area (Å²) in [5.41, 5.74) is 1.63. The zero-order valence-electron chi connectivity index (χ0n) is 10.3. The van der Waals surface area contributed by atoms with Gasteiger partial charge in [-0.15, -0.1) is 11.8 Å². The Bertz CT molecular complexity index is 534. The summed E-state index contributed by atoms with van der Waals surface area (Å²) in [5, 5.41) is 0. The van der Waals surface area contributed by atoms with Crippen LogP contribution < -0.4 is 0 Å². The van der Waals surface area contributed by atoms with Crippen molar-refractivity contribution >= 4 is 17.7 Å². The van der Waals surface area contributed by atoms with Crippen LogP contribution in [0, 0.1) is 6.92 Å². The van der Waals surface area contributed by atoms with E-state index in [-0.39, 0.29) is 0 Å². The number of nitrogens with one attached hydrogen (secondary N) is 1. The number of ether oxygens (including phenoxy) is 1. The van der Waals surface area contributed by atoms with Crippen molar-refractivity contribution in [3.05, 3.63) is 47.5 Å². The average Bonchev–Trinajstić information content (AvgIpc) is 2.86. The minimum Gasteiger partial charge on any atom is -0.464 e. The van der Waals surface area contributed by atoms with E-state index >= 15 is 0 Å². The van der Waals surface area contributed by atoms with E-state index in [0.717, 1.165) is 5.82 Å². The number of aromatic nitrogens is 2. The molecule has 0 atom stereocenters. The maximum absolute atomic E-state index is 11.2. The number of methoxy groups -OCH3 is 1. The van der Waals surface area contributed by atoms with Crippen LogP contribution in [0.25, 0.3) is 0 Å². The molecular weight excluding hydrogens is 248 g/mol. The second-order valence-electron chi connectivity index (χ2n) is 3.84. The molecule has 1 aromatic heterocycles. The first-order chi connectivity index (χ1) is 8.69. The largest absolute Gasteiger partial charge is 0.464 e. The van der Waals surface area contributed by atoms with Gasteiger partial charge >= 0.3 is 5.97 Å². The predicted molar refractivity (Wildman–Crippen MR) is 70.7 cm³/mol. The van der Waals surface area contributed by atoms with E-state index in [2.05, 4.69) is 45.9 Å². The topological polar surface area (TPSA) is 55.0 Å². The lowest BCUT2D eigenvalue weighted by molar-refractivity contribution is 0.0594. The summed E-state index contributed by atoms with van der Waals surface area (Å²) < 4.78 is 4.61. The fourth-order valence-corrected chi connectivity index (χ4v) is 2.21. The van der Waals surface area contributed by atoms with Gasteiger partial charge < -0.3 is 9.72 Å². The van der Waals surface area contributed by atoms with Gasteiger partial charge in [0.1, 0.15) is 11.5 Å². The van der Waals surface area contributed by atoms with E-state index in [0.29, 0.717) is 11.4 Å². The lowest BCUT2D eigenvalue weighted by Gasteiger charge is -2.00. The van der Waals surface area contributed by atoms with Crippen LogP contribution in [-0.4, -0.2) is 23.0 Å². The van der Waals surface area contributed by atoms with Crippen molar-refractivity contribution in [2.75, 3.05) is 7.11 Å². The molecule has 0 saturated heterocycles. The molecule has 0 spiro atoms. The highest BCUT2D eigenvalue weighted by molar-refractivity contribution is 7.98. The number of H-pyrrole nitrogens is 1. The molecule has 0 aliphatic heterocycles. The second-order valence-corrected chi connectivity index (χ2v) is 4.89. The molecule has 1 aromatic carbocycles. The van der Waals surface area contributed by atoms with Crippen LogP contribution in [0.1, 0.15) is 21.9 Å². The Balaban J connectivity index is 1.96. The number of esters is 1. The number of nitrogens with zero attached hydrogens (tertiary/aromatic N) is 1. The molecule has 0 unspecified atom stereocenters. The van der Waals surface area contributed by atoms with E-state index in [9.17, 15) is 4.79 Å². The van der Waals surface area contributed by atoms with Crippen molar-refractivity contribution in [1.82, 2.24) is 9.97 Å². The van der Waals surface area contributed by atoms with Gasteiger partial charge in [0.05, 0.1) is 19.1 Å². The Labute approximate surface area is 110 Å². The number of hydrogen-bond donors (Lipinski definition) is 1. The molecule has 2 aromatic rings. The molecule has 5 heteroatoms. The van der Waals surface area contributed by atoms with Gasteiger partial charge in [0, 0.05) is 4.90 Å². The van der Waals surface area contributed by atoms with Crippen molar-refractivity contribution in [3.63, 3.8) is 0 Å². The summed E-state index contributed by atoms with van der Waals surface area (Å²) >= 11 is 1.67. The second kappa shape index (κ2) is 5.73. The maximum Gasteiger partial charge on any atom is 0.356 e. The number of thioether (sulfide) groups is 1. The van der Waals surface area contributed by atoms with E-state index in [1.807, 2.05) is 0 Å². The molecular formula is C13H14N2O2S. The van der Waals surface area contributed by atoms with Crippen LogP contribution in [0.5, 0.6) is 0 Å². The number of aryl methyl sites for hydroxylation is 1. The molecule has 0 fully saturated rings. The summed E-state index contributed by atoms with van der Waals surface area (Å²) in [6, 6.07) is 8.29. The van der Waals surface area contributed by atoms with Crippen molar-refractivity contribution in [2.45, 2.75) is 17.6 Å². The Morgan fingerprint density at radius 2 is 2.11 bits per heavy atom. The minimum absolute atomic E-state index is 0.386. The van der Waals surface area contributed by atoms with Crippen LogP contribution in [0.3, 0.4) is 0 Å². The molecule has 1 heterocycles. The lowest BCUT2D eigenvalue weighted by atomic mass is 10.2. The summed E-state index contributed by atoms with van der Waals surface area (Å²) in [5.74, 6) is 1.06. The summed E-state index contributed by atoms with van der Waals surface area (Å²) in [4.78, 5) is 19.5. The van der Waals surface area contributed by atoms with Crippen LogP contribution >= 0.6 is 11.8 Å². The Hall–Kier alpha value is -1.75. The zero-order valence-corrected chi connectivity index (χ0v) is 11.1. The Kier molecular flexibility index (Phi) is 4.04. The number of benzene rings is 1. The highest BCUT2D eigenvalue weighted by Crippen LogP contribution is 2.21. The minimum atomic E-state index is -0.394. The molecule has 0 radical (unpaired) electrons. The van der Waals surface area contributed by atoms with Crippen LogP contribution in [0.15, 0.2) is 35.4 Å². The number of imidazole rings is 1. The van der Waals surface area contributed by atoms with E-state index in [1.54, 1.807) is 11.8 Å². The number of hydrogen-bond acceptors (Lipinski definition) is 4. The predicted octanol–water partition coefficient (Wildman–Crippen LogP) is 2.80. The fraction of sp³-hybridized carbons (Fsp3) is 0.231. The standard InChI is InChI=1S/C13H14N2O2S/c1-9-3-5-10(6-4-9)18-8-12-14-7-11(15-12)13(16)17-2/h3-7H,8H2,1-2H3,(H,14,15). The van der Waals surface area contributed by atoms with Crippen LogP contribution in [0.4, 0.5) is 0 Å². The Morgan fingerprint density at radius 3 is 2.78 bits per heavy atom. The molecule has 0 amide bonds. The highest BCUT2D eigenvalue weighted by Gasteiger charge is 2.09. The number of rotatable bonds is 4. The molecule has 1 N–H and O–H groups in total. The van der Waals surface area contributed by atoms with Crippen molar-refractivity contribution in [2.24, 2.45) is 0 Å². The van der Waals surface area contributed by atoms with Crippen LogP contribution in [0.2, 0.25) is 0 Å². The van der Waals surface area contributed by atoms with Gasteiger partial charge in [-0.05, 0) is 19.1 Å². The first kappa shape index (κ1) is 12.7. The summed E-state index contributed by atoms with van der Waals surface area (Å²) in [7, 11) is 1.35. The molecule has 94 valence electrons. The van der Waals surface area contributed by atoms with Crippen molar-refractivity contribution in [3.8, 4) is 0 Å². The Morgan fingerprint density at radius 1 is 1.39 bits per heavy atom. The molecule has 2 rings (SSSR count). The third-order valence-corrected chi connectivity index (χ3v) is 3.45. The van der Waals surface area contributed by atoms with Gasteiger partial charge in [-0.2, -0.15) is 0 Å². The maximum atomic E-state index is 11.2. The lowest BCUT2D eigenvalue weighted by Crippen LogP contribution is -2.01. The van der Waals surface area contributed by atoms with Gasteiger partial charge in [0.15, 0.2) is 0 Å². The van der Waals surface area contributed by atoms with Gasteiger partial charge in [0.2, 0.25) is 0 Å². The van der Waals surface area contributed by atoms with Gasteiger partial charge in [-0.1, -0.05) is 17.7 Å². The quantitative estimate of drug-likeness (QED) is 0.680.